The normalized spacial score (nSPS) is 18.2. The Balaban J connectivity index is 2.00. The van der Waals surface area contributed by atoms with Crippen molar-refractivity contribution in [3.05, 3.63) is 29.3 Å². The van der Waals surface area contributed by atoms with Crippen molar-refractivity contribution in [3.8, 4) is 18.1 Å². The van der Waals surface area contributed by atoms with Gasteiger partial charge in [-0.25, -0.2) is 0 Å². The fraction of sp³-hybridized carbons (Fsp3) is 0.467. The van der Waals surface area contributed by atoms with Gasteiger partial charge < -0.3 is 10.5 Å². The number of rotatable bonds is 4. The second-order valence-electron chi connectivity index (χ2n) is 4.52. The Morgan fingerprint density at radius 1 is 1.47 bits per heavy atom. The molecule has 1 atom stereocenters. The Bertz CT molecular complexity index is 419. The van der Waals surface area contributed by atoms with Crippen LogP contribution < -0.4 is 10.5 Å². The van der Waals surface area contributed by atoms with Crippen LogP contribution in [0.3, 0.4) is 0 Å². The van der Waals surface area contributed by atoms with Gasteiger partial charge in [-0.15, -0.1) is 12.3 Å². The zero-order valence-corrected chi connectivity index (χ0v) is 10.1. The fourth-order valence-corrected chi connectivity index (χ4v) is 2.27. The molecule has 1 aliphatic carbocycles. The summed E-state index contributed by atoms with van der Waals surface area (Å²) in [7, 11) is 0. The summed E-state index contributed by atoms with van der Waals surface area (Å²) >= 11 is 0. The zero-order chi connectivity index (χ0) is 12.1. The minimum Gasteiger partial charge on any atom is -0.494 e. The summed E-state index contributed by atoms with van der Waals surface area (Å²) in [6, 6.07) is 6.44. The molecule has 0 aromatic heterocycles. The SMILES string of the molecule is C#CCCCOc1ccc2c(c1)C(N)CCC2. The lowest BCUT2D eigenvalue weighted by Gasteiger charge is -2.22. The topological polar surface area (TPSA) is 35.2 Å². The molecule has 90 valence electrons. The second-order valence-corrected chi connectivity index (χ2v) is 4.52. The van der Waals surface area contributed by atoms with Crippen LogP contribution in [-0.4, -0.2) is 6.61 Å². The predicted molar refractivity (Wildman–Crippen MR) is 69.9 cm³/mol. The van der Waals surface area contributed by atoms with E-state index < -0.39 is 0 Å². The number of hydrogen-bond donors (Lipinski definition) is 1. The first-order valence-electron chi connectivity index (χ1n) is 6.26. The summed E-state index contributed by atoms with van der Waals surface area (Å²) in [5.74, 6) is 3.53. The van der Waals surface area contributed by atoms with Gasteiger partial charge in [-0.05, 0) is 48.9 Å². The molecule has 0 heterocycles. The Morgan fingerprint density at radius 2 is 2.35 bits per heavy atom. The predicted octanol–water partition coefficient (Wildman–Crippen LogP) is 2.81. The molecule has 0 saturated carbocycles. The molecule has 0 fully saturated rings. The molecule has 0 radical (unpaired) electrons. The first-order valence-corrected chi connectivity index (χ1v) is 6.26. The summed E-state index contributed by atoms with van der Waals surface area (Å²) in [5.41, 5.74) is 8.74. The highest BCUT2D eigenvalue weighted by Gasteiger charge is 2.16. The lowest BCUT2D eigenvalue weighted by molar-refractivity contribution is 0.312. The van der Waals surface area contributed by atoms with Gasteiger partial charge in [-0.2, -0.15) is 0 Å². The van der Waals surface area contributed by atoms with Crippen LogP contribution in [0.1, 0.15) is 42.9 Å². The van der Waals surface area contributed by atoms with Crippen molar-refractivity contribution in [3.63, 3.8) is 0 Å². The average Bonchev–Trinajstić information content (AvgIpc) is 2.36. The first kappa shape index (κ1) is 12.0. The van der Waals surface area contributed by atoms with Crippen molar-refractivity contribution < 1.29 is 4.74 Å². The number of ether oxygens (including phenoxy) is 1. The molecule has 1 aliphatic rings. The van der Waals surface area contributed by atoms with Gasteiger partial charge in [0.25, 0.3) is 0 Å². The van der Waals surface area contributed by atoms with Crippen LogP contribution in [0, 0.1) is 12.3 Å². The van der Waals surface area contributed by atoms with E-state index in [1.807, 2.05) is 6.07 Å². The number of fused-ring (bicyclic) bond motifs is 1. The van der Waals surface area contributed by atoms with Crippen LogP contribution >= 0.6 is 0 Å². The van der Waals surface area contributed by atoms with Crippen LogP contribution in [0.25, 0.3) is 0 Å². The van der Waals surface area contributed by atoms with E-state index in [0.29, 0.717) is 6.61 Å². The maximum absolute atomic E-state index is 6.11. The van der Waals surface area contributed by atoms with Crippen molar-refractivity contribution in [2.24, 2.45) is 5.73 Å². The Kier molecular flexibility index (Phi) is 4.06. The molecule has 17 heavy (non-hydrogen) atoms. The molecule has 0 bridgehead atoms. The molecule has 0 amide bonds. The van der Waals surface area contributed by atoms with E-state index in [0.717, 1.165) is 31.4 Å². The van der Waals surface area contributed by atoms with Crippen LogP contribution in [0.15, 0.2) is 18.2 Å². The second kappa shape index (κ2) is 5.75. The third-order valence-electron chi connectivity index (χ3n) is 3.21. The van der Waals surface area contributed by atoms with Gasteiger partial charge in [-0.3, -0.25) is 0 Å². The Hall–Kier alpha value is -1.46. The summed E-state index contributed by atoms with van der Waals surface area (Å²) in [6.45, 7) is 0.679. The molecule has 2 rings (SSSR count). The van der Waals surface area contributed by atoms with E-state index in [1.165, 1.54) is 17.5 Å². The van der Waals surface area contributed by atoms with E-state index in [-0.39, 0.29) is 6.04 Å². The smallest absolute Gasteiger partial charge is 0.119 e. The highest BCUT2D eigenvalue weighted by atomic mass is 16.5. The van der Waals surface area contributed by atoms with Crippen molar-refractivity contribution in [2.75, 3.05) is 6.61 Å². The van der Waals surface area contributed by atoms with Crippen LogP contribution in [0.5, 0.6) is 5.75 Å². The van der Waals surface area contributed by atoms with E-state index in [4.69, 9.17) is 16.9 Å². The quantitative estimate of drug-likeness (QED) is 0.636. The van der Waals surface area contributed by atoms with Crippen LogP contribution in [0.2, 0.25) is 0 Å². The van der Waals surface area contributed by atoms with Gasteiger partial charge in [0.1, 0.15) is 5.75 Å². The molecule has 1 unspecified atom stereocenters. The molecular formula is C15H19NO. The standard InChI is InChI=1S/C15H19NO/c1-2-3-4-10-17-13-9-8-12-6-5-7-15(16)14(12)11-13/h1,8-9,11,15H,3-7,10,16H2. The minimum absolute atomic E-state index is 0.174. The van der Waals surface area contributed by atoms with Gasteiger partial charge in [0.05, 0.1) is 6.61 Å². The van der Waals surface area contributed by atoms with Crippen molar-refractivity contribution >= 4 is 0 Å². The molecule has 2 nitrogen and oxygen atoms in total. The number of aryl methyl sites for hydroxylation is 1. The summed E-state index contributed by atoms with van der Waals surface area (Å²) in [4.78, 5) is 0. The molecule has 0 saturated heterocycles. The molecule has 2 N–H and O–H groups in total. The highest BCUT2D eigenvalue weighted by molar-refractivity contribution is 5.39. The summed E-state index contributed by atoms with van der Waals surface area (Å²) < 4.78 is 5.67. The summed E-state index contributed by atoms with van der Waals surface area (Å²) in [6.07, 6.45) is 10.3. The van der Waals surface area contributed by atoms with E-state index in [1.54, 1.807) is 0 Å². The van der Waals surface area contributed by atoms with Crippen molar-refractivity contribution in [2.45, 2.75) is 38.1 Å². The first-order chi connectivity index (χ1) is 8.31. The maximum atomic E-state index is 6.11. The third-order valence-corrected chi connectivity index (χ3v) is 3.21. The maximum Gasteiger partial charge on any atom is 0.119 e. The van der Waals surface area contributed by atoms with E-state index in [9.17, 15) is 0 Å². The molecule has 0 aliphatic heterocycles. The number of nitrogens with two attached hydrogens (primary N) is 1. The largest absolute Gasteiger partial charge is 0.494 e. The Labute approximate surface area is 103 Å². The summed E-state index contributed by atoms with van der Waals surface area (Å²) in [5, 5.41) is 0. The molecule has 0 spiro atoms. The van der Waals surface area contributed by atoms with E-state index in [2.05, 4.69) is 18.1 Å². The van der Waals surface area contributed by atoms with Crippen LogP contribution in [-0.2, 0) is 6.42 Å². The average molecular weight is 229 g/mol. The number of hydrogen-bond acceptors (Lipinski definition) is 2. The molecule has 1 aromatic carbocycles. The monoisotopic (exact) mass is 229 g/mol. The number of terminal acetylenes is 1. The van der Waals surface area contributed by atoms with Gasteiger partial charge in [0.2, 0.25) is 0 Å². The molecule has 2 heteroatoms. The lowest BCUT2D eigenvalue weighted by Crippen LogP contribution is -2.17. The van der Waals surface area contributed by atoms with Crippen LogP contribution in [0.4, 0.5) is 0 Å². The molecular weight excluding hydrogens is 210 g/mol. The third kappa shape index (κ3) is 3.01. The lowest BCUT2D eigenvalue weighted by atomic mass is 9.88. The highest BCUT2D eigenvalue weighted by Crippen LogP contribution is 2.30. The zero-order valence-electron chi connectivity index (χ0n) is 10.1. The number of benzene rings is 1. The van der Waals surface area contributed by atoms with Gasteiger partial charge in [0.15, 0.2) is 0 Å². The van der Waals surface area contributed by atoms with Gasteiger partial charge in [0, 0.05) is 12.5 Å². The van der Waals surface area contributed by atoms with E-state index >= 15 is 0 Å². The fourth-order valence-electron chi connectivity index (χ4n) is 2.27. The van der Waals surface area contributed by atoms with Crippen molar-refractivity contribution in [1.82, 2.24) is 0 Å². The molecule has 1 aromatic rings. The minimum atomic E-state index is 0.174. The van der Waals surface area contributed by atoms with Crippen molar-refractivity contribution in [1.29, 1.82) is 0 Å². The Morgan fingerprint density at radius 3 is 3.18 bits per heavy atom. The number of unbranched alkanes of at least 4 members (excludes halogenated alkanes) is 1. The van der Waals surface area contributed by atoms with Gasteiger partial charge >= 0.3 is 0 Å². The van der Waals surface area contributed by atoms with Gasteiger partial charge in [-0.1, -0.05) is 6.07 Å².